The van der Waals surface area contributed by atoms with Gasteiger partial charge >= 0.3 is 0 Å². The summed E-state index contributed by atoms with van der Waals surface area (Å²) < 4.78 is 1.79. The van der Waals surface area contributed by atoms with E-state index in [4.69, 9.17) is 5.73 Å². The van der Waals surface area contributed by atoms with Crippen LogP contribution in [0.1, 0.15) is 36.5 Å². The Hall–Kier alpha value is -1.16. The lowest BCUT2D eigenvalue weighted by Gasteiger charge is -2.15. The Balaban J connectivity index is 2.12. The monoisotopic (exact) mass is 221 g/mol. The summed E-state index contributed by atoms with van der Waals surface area (Å²) in [6.45, 7) is 3.44. The molecule has 0 radical (unpaired) electrons. The topological polar surface area (TPSA) is 60.9 Å². The molecule has 1 aliphatic carbocycles. The number of rotatable bonds is 4. The van der Waals surface area contributed by atoms with Crippen LogP contribution in [0, 0.1) is 11.8 Å². The maximum Gasteiger partial charge on any atom is 0.169 e. The number of carbonyl (C=O) groups excluding carboxylic acids is 1. The van der Waals surface area contributed by atoms with Crippen LogP contribution in [0.25, 0.3) is 0 Å². The van der Waals surface area contributed by atoms with Gasteiger partial charge in [0.15, 0.2) is 5.78 Å². The molecule has 16 heavy (non-hydrogen) atoms. The molecule has 2 unspecified atom stereocenters. The third-order valence-electron chi connectivity index (χ3n) is 3.54. The Morgan fingerprint density at radius 2 is 2.44 bits per heavy atom. The molecule has 4 heteroatoms. The molecule has 0 spiro atoms. The van der Waals surface area contributed by atoms with Crippen molar-refractivity contribution in [2.45, 2.75) is 32.7 Å². The molecule has 88 valence electrons. The zero-order chi connectivity index (χ0) is 11.5. The number of ketones is 1. The predicted molar refractivity (Wildman–Crippen MR) is 62.1 cm³/mol. The van der Waals surface area contributed by atoms with Gasteiger partial charge in [-0.1, -0.05) is 6.42 Å². The highest BCUT2D eigenvalue weighted by atomic mass is 16.1. The molecule has 1 aromatic rings. The van der Waals surface area contributed by atoms with E-state index >= 15 is 0 Å². The van der Waals surface area contributed by atoms with Crippen molar-refractivity contribution in [1.82, 2.24) is 9.78 Å². The van der Waals surface area contributed by atoms with Crippen molar-refractivity contribution in [2.75, 3.05) is 6.54 Å². The van der Waals surface area contributed by atoms with Crippen LogP contribution in [0.5, 0.6) is 0 Å². The van der Waals surface area contributed by atoms with E-state index < -0.39 is 0 Å². The average molecular weight is 221 g/mol. The molecular weight excluding hydrogens is 202 g/mol. The molecule has 2 N–H and O–H groups in total. The second-order valence-electron chi connectivity index (χ2n) is 4.48. The number of Topliss-reactive ketones (excluding diaryl/α,β-unsaturated/α-hetero) is 1. The molecule has 0 aliphatic heterocycles. The van der Waals surface area contributed by atoms with Crippen molar-refractivity contribution in [3.63, 3.8) is 0 Å². The second kappa shape index (κ2) is 4.78. The standard InChI is InChI=1S/C12H19N3O/c1-2-15-8-10(7-14-15)12(16)11-5-3-4-9(11)6-13/h7-9,11H,2-6,13H2,1H3. The van der Waals surface area contributed by atoms with Gasteiger partial charge in [-0.15, -0.1) is 0 Å². The smallest absolute Gasteiger partial charge is 0.169 e. The van der Waals surface area contributed by atoms with Crippen molar-refractivity contribution in [3.05, 3.63) is 18.0 Å². The molecule has 1 aliphatic rings. The number of aryl methyl sites for hydroxylation is 1. The van der Waals surface area contributed by atoms with Crippen LogP contribution in [0.3, 0.4) is 0 Å². The fraction of sp³-hybridized carbons (Fsp3) is 0.667. The van der Waals surface area contributed by atoms with Gasteiger partial charge < -0.3 is 5.73 Å². The number of hydrogen-bond acceptors (Lipinski definition) is 3. The zero-order valence-corrected chi connectivity index (χ0v) is 9.72. The molecule has 4 nitrogen and oxygen atoms in total. The Morgan fingerprint density at radius 3 is 3.06 bits per heavy atom. The number of carbonyl (C=O) groups is 1. The molecule has 1 fully saturated rings. The Kier molecular flexibility index (Phi) is 3.39. The minimum Gasteiger partial charge on any atom is -0.330 e. The first-order chi connectivity index (χ1) is 7.76. The van der Waals surface area contributed by atoms with Crippen LogP contribution in [0.4, 0.5) is 0 Å². The number of aromatic nitrogens is 2. The minimum absolute atomic E-state index is 0.125. The highest BCUT2D eigenvalue weighted by Gasteiger charge is 2.32. The molecule has 1 aromatic heterocycles. The maximum atomic E-state index is 12.2. The minimum atomic E-state index is 0.125. The lowest BCUT2D eigenvalue weighted by Crippen LogP contribution is -2.25. The van der Waals surface area contributed by atoms with Gasteiger partial charge in [0, 0.05) is 18.7 Å². The lowest BCUT2D eigenvalue weighted by molar-refractivity contribution is 0.0893. The van der Waals surface area contributed by atoms with Crippen molar-refractivity contribution in [1.29, 1.82) is 0 Å². The van der Waals surface area contributed by atoms with Crippen molar-refractivity contribution in [2.24, 2.45) is 17.6 Å². The quantitative estimate of drug-likeness (QED) is 0.783. The highest BCUT2D eigenvalue weighted by molar-refractivity contribution is 5.97. The third kappa shape index (κ3) is 2.02. The van der Waals surface area contributed by atoms with Gasteiger partial charge in [0.1, 0.15) is 0 Å². The fourth-order valence-corrected chi connectivity index (χ4v) is 2.54. The van der Waals surface area contributed by atoms with Crippen LogP contribution in [-0.4, -0.2) is 22.1 Å². The first kappa shape index (κ1) is 11.3. The van der Waals surface area contributed by atoms with E-state index in [1.165, 1.54) is 0 Å². The second-order valence-corrected chi connectivity index (χ2v) is 4.48. The van der Waals surface area contributed by atoms with E-state index in [0.717, 1.165) is 31.4 Å². The van der Waals surface area contributed by atoms with Crippen LogP contribution < -0.4 is 5.73 Å². The summed E-state index contributed by atoms with van der Waals surface area (Å²) in [6, 6.07) is 0. The molecule has 1 heterocycles. The summed E-state index contributed by atoms with van der Waals surface area (Å²) in [4.78, 5) is 12.2. The maximum absolute atomic E-state index is 12.2. The van der Waals surface area contributed by atoms with Gasteiger partial charge in [0.2, 0.25) is 0 Å². The van der Waals surface area contributed by atoms with Crippen molar-refractivity contribution >= 4 is 5.78 Å². The summed E-state index contributed by atoms with van der Waals surface area (Å²) in [5.74, 6) is 0.727. The Bertz CT molecular complexity index is 372. The van der Waals surface area contributed by atoms with Crippen LogP contribution in [0.2, 0.25) is 0 Å². The van der Waals surface area contributed by atoms with E-state index in [9.17, 15) is 4.79 Å². The van der Waals surface area contributed by atoms with Crippen molar-refractivity contribution in [3.8, 4) is 0 Å². The molecule has 1 saturated carbocycles. The average Bonchev–Trinajstić information content (AvgIpc) is 2.96. The molecule has 0 bridgehead atoms. The summed E-state index contributed by atoms with van der Waals surface area (Å²) >= 11 is 0. The summed E-state index contributed by atoms with van der Waals surface area (Å²) in [7, 11) is 0. The van der Waals surface area contributed by atoms with Gasteiger partial charge in [-0.25, -0.2) is 0 Å². The summed E-state index contributed by atoms with van der Waals surface area (Å²) in [5.41, 5.74) is 6.44. The first-order valence-corrected chi connectivity index (χ1v) is 6.03. The molecule has 2 atom stereocenters. The zero-order valence-electron chi connectivity index (χ0n) is 9.72. The Labute approximate surface area is 95.8 Å². The highest BCUT2D eigenvalue weighted by Crippen LogP contribution is 2.33. The molecular formula is C12H19N3O. The van der Waals surface area contributed by atoms with E-state index in [1.54, 1.807) is 10.9 Å². The summed E-state index contributed by atoms with van der Waals surface area (Å²) in [5, 5.41) is 4.14. The van der Waals surface area contributed by atoms with E-state index in [1.807, 2.05) is 13.1 Å². The normalized spacial score (nSPS) is 24.9. The van der Waals surface area contributed by atoms with Gasteiger partial charge in [-0.2, -0.15) is 5.10 Å². The fourth-order valence-electron chi connectivity index (χ4n) is 2.54. The van der Waals surface area contributed by atoms with Gasteiger partial charge in [0.05, 0.1) is 11.8 Å². The predicted octanol–water partition coefficient (Wildman–Crippen LogP) is 1.46. The molecule has 0 saturated heterocycles. The van der Waals surface area contributed by atoms with Crippen molar-refractivity contribution < 1.29 is 4.79 Å². The van der Waals surface area contributed by atoms with E-state index in [2.05, 4.69) is 5.10 Å². The van der Waals surface area contributed by atoms with Crippen LogP contribution in [-0.2, 0) is 6.54 Å². The first-order valence-electron chi connectivity index (χ1n) is 6.03. The van der Waals surface area contributed by atoms with Gasteiger partial charge in [-0.3, -0.25) is 9.48 Å². The third-order valence-corrected chi connectivity index (χ3v) is 3.54. The lowest BCUT2D eigenvalue weighted by atomic mass is 9.89. The number of hydrogen-bond donors (Lipinski definition) is 1. The van der Waals surface area contributed by atoms with E-state index in [0.29, 0.717) is 12.5 Å². The van der Waals surface area contributed by atoms with Gasteiger partial charge in [0.25, 0.3) is 0 Å². The molecule has 2 rings (SSSR count). The summed E-state index contributed by atoms with van der Waals surface area (Å²) in [6.07, 6.45) is 6.72. The Morgan fingerprint density at radius 1 is 1.62 bits per heavy atom. The molecule has 0 aromatic carbocycles. The number of nitrogens with zero attached hydrogens (tertiary/aromatic N) is 2. The molecule has 0 amide bonds. The van der Waals surface area contributed by atoms with Crippen LogP contribution in [0.15, 0.2) is 12.4 Å². The van der Waals surface area contributed by atoms with Crippen LogP contribution >= 0.6 is 0 Å². The van der Waals surface area contributed by atoms with E-state index in [-0.39, 0.29) is 11.7 Å². The number of nitrogens with two attached hydrogens (primary N) is 1. The van der Waals surface area contributed by atoms with Gasteiger partial charge in [-0.05, 0) is 32.2 Å². The largest absolute Gasteiger partial charge is 0.330 e. The SMILES string of the molecule is CCn1cc(C(=O)C2CCCC2CN)cn1.